The average molecular weight is 288 g/mol. The van der Waals surface area contributed by atoms with Crippen molar-refractivity contribution in [3.05, 3.63) is 40.7 Å². The third-order valence-electron chi connectivity index (χ3n) is 3.33. The number of amides is 1. The van der Waals surface area contributed by atoms with Crippen LogP contribution in [0.2, 0.25) is 0 Å². The summed E-state index contributed by atoms with van der Waals surface area (Å²) in [4.78, 5) is 16.2. The quantitative estimate of drug-likeness (QED) is 0.941. The Balaban J connectivity index is 1.63. The Labute approximate surface area is 121 Å². The van der Waals surface area contributed by atoms with Crippen molar-refractivity contribution >= 4 is 17.2 Å². The predicted octanol–water partition coefficient (Wildman–Crippen LogP) is 2.61. The molecule has 1 saturated heterocycles. The molecule has 0 unspecified atom stereocenters. The summed E-state index contributed by atoms with van der Waals surface area (Å²) < 4.78 is 5.36. The molecule has 2 aromatic heterocycles. The Kier molecular flexibility index (Phi) is 4.08. The summed E-state index contributed by atoms with van der Waals surface area (Å²) in [5, 5.41) is 7.02. The van der Waals surface area contributed by atoms with Gasteiger partial charge in [0.1, 0.15) is 6.10 Å². The SMILES string of the molecule is O=C(NCc1ccnc(-c2ccsc2)c1)[C@H]1CCCO1. The van der Waals surface area contributed by atoms with Gasteiger partial charge in [0.05, 0.1) is 5.69 Å². The molecule has 0 bridgehead atoms. The molecule has 0 radical (unpaired) electrons. The van der Waals surface area contributed by atoms with E-state index in [0.717, 1.165) is 29.7 Å². The van der Waals surface area contributed by atoms with E-state index in [1.54, 1.807) is 17.5 Å². The Morgan fingerprint density at radius 3 is 3.20 bits per heavy atom. The maximum atomic E-state index is 11.9. The first-order chi connectivity index (χ1) is 9.83. The lowest BCUT2D eigenvalue weighted by Crippen LogP contribution is -2.33. The molecule has 1 fully saturated rings. The van der Waals surface area contributed by atoms with Crippen LogP contribution in [0, 0.1) is 0 Å². The van der Waals surface area contributed by atoms with Gasteiger partial charge in [0, 0.05) is 30.3 Å². The van der Waals surface area contributed by atoms with E-state index in [9.17, 15) is 4.79 Å². The van der Waals surface area contributed by atoms with Crippen molar-refractivity contribution in [3.8, 4) is 11.3 Å². The number of ether oxygens (including phenoxy) is 1. The highest BCUT2D eigenvalue weighted by Crippen LogP contribution is 2.20. The van der Waals surface area contributed by atoms with Gasteiger partial charge in [-0.05, 0) is 42.0 Å². The average Bonchev–Trinajstić information content (AvgIpc) is 3.17. The van der Waals surface area contributed by atoms with E-state index in [2.05, 4.69) is 15.7 Å². The van der Waals surface area contributed by atoms with Crippen molar-refractivity contribution in [1.29, 1.82) is 0 Å². The highest BCUT2D eigenvalue weighted by molar-refractivity contribution is 7.08. The molecule has 3 rings (SSSR count). The van der Waals surface area contributed by atoms with E-state index in [4.69, 9.17) is 4.74 Å². The maximum absolute atomic E-state index is 11.9. The molecule has 4 nitrogen and oxygen atoms in total. The Hall–Kier alpha value is -1.72. The van der Waals surface area contributed by atoms with Gasteiger partial charge >= 0.3 is 0 Å². The Morgan fingerprint density at radius 2 is 2.45 bits per heavy atom. The van der Waals surface area contributed by atoms with Gasteiger partial charge in [-0.25, -0.2) is 0 Å². The van der Waals surface area contributed by atoms with E-state index in [0.29, 0.717) is 13.2 Å². The minimum Gasteiger partial charge on any atom is -0.368 e. The van der Waals surface area contributed by atoms with Crippen molar-refractivity contribution in [2.24, 2.45) is 0 Å². The number of nitrogens with one attached hydrogen (secondary N) is 1. The molecule has 1 amide bonds. The highest BCUT2D eigenvalue weighted by Gasteiger charge is 2.22. The first-order valence-corrected chi connectivity index (χ1v) is 7.64. The number of carbonyl (C=O) groups is 1. The van der Waals surface area contributed by atoms with Crippen LogP contribution >= 0.6 is 11.3 Å². The maximum Gasteiger partial charge on any atom is 0.249 e. The molecule has 20 heavy (non-hydrogen) atoms. The molecule has 3 heterocycles. The second-order valence-corrected chi connectivity index (χ2v) is 5.56. The van der Waals surface area contributed by atoms with Crippen LogP contribution in [-0.2, 0) is 16.1 Å². The van der Waals surface area contributed by atoms with Gasteiger partial charge < -0.3 is 10.1 Å². The van der Waals surface area contributed by atoms with Crippen molar-refractivity contribution < 1.29 is 9.53 Å². The minimum atomic E-state index is -0.270. The van der Waals surface area contributed by atoms with Gasteiger partial charge in [0.15, 0.2) is 0 Å². The number of aromatic nitrogens is 1. The molecule has 5 heteroatoms. The summed E-state index contributed by atoms with van der Waals surface area (Å²) in [5.74, 6) is -0.0172. The van der Waals surface area contributed by atoms with E-state index >= 15 is 0 Å². The third-order valence-corrected chi connectivity index (χ3v) is 4.01. The minimum absolute atomic E-state index is 0.0172. The van der Waals surface area contributed by atoms with Crippen LogP contribution < -0.4 is 5.32 Å². The predicted molar refractivity (Wildman–Crippen MR) is 78.4 cm³/mol. The van der Waals surface area contributed by atoms with Gasteiger partial charge in [-0.3, -0.25) is 9.78 Å². The first-order valence-electron chi connectivity index (χ1n) is 6.70. The van der Waals surface area contributed by atoms with Crippen molar-refractivity contribution in [2.75, 3.05) is 6.61 Å². The summed E-state index contributed by atoms with van der Waals surface area (Å²) in [6, 6.07) is 5.98. The number of hydrogen-bond acceptors (Lipinski definition) is 4. The number of nitrogens with zero attached hydrogens (tertiary/aromatic N) is 1. The standard InChI is InChI=1S/C15H16N2O2S/c18-15(14-2-1-6-19-14)17-9-11-3-5-16-13(8-11)12-4-7-20-10-12/h3-5,7-8,10,14H,1-2,6,9H2,(H,17,18)/t14-/m1/s1. The summed E-state index contributed by atoms with van der Waals surface area (Å²) in [7, 11) is 0. The first kappa shape index (κ1) is 13.3. The molecule has 0 aliphatic carbocycles. The fourth-order valence-electron chi connectivity index (χ4n) is 2.24. The number of pyridine rings is 1. The summed E-state index contributed by atoms with van der Waals surface area (Å²) in [6.07, 6.45) is 3.30. The number of carbonyl (C=O) groups excluding carboxylic acids is 1. The van der Waals surface area contributed by atoms with Gasteiger partial charge in [-0.15, -0.1) is 0 Å². The normalized spacial score (nSPS) is 18.1. The molecular weight excluding hydrogens is 272 g/mol. The number of thiophene rings is 1. The lowest BCUT2D eigenvalue weighted by Gasteiger charge is -2.10. The second-order valence-electron chi connectivity index (χ2n) is 4.78. The van der Waals surface area contributed by atoms with Crippen LogP contribution in [0.25, 0.3) is 11.3 Å². The van der Waals surface area contributed by atoms with Gasteiger partial charge in [0.25, 0.3) is 0 Å². The second kappa shape index (κ2) is 6.15. The van der Waals surface area contributed by atoms with Crippen LogP contribution in [0.15, 0.2) is 35.2 Å². The molecule has 1 aliphatic heterocycles. The van der Waals surface area contributed by atoms with Crippen molar-refractivity contribution in [3.63, 3.8) is 0 Å². The van der Waals surface area contributed by atoms with Gasteiger partial charge in [-0.2, -0.15) is 11.3 Å². The van der Waals surface area contributed by atoms with Crippen LogP contribution in [0.5, 0.6) is 0 Å². The Morgan fingerprint density at radius 1 is 1.50 bits per heavy atom. The lowest BCUT2D eigenvalue weighted by atomic mass is 10.1. The number of hydrogen-bond donors (Lipinski definition) is 1. The molecular formula is C15H16N2O2S. The molecule has 1 N–H and O–H groups in total. The fraction of sp³-hybridized carbons (Fsp3) is 0.333. The Bertz CT molecular complexity index is 577. The van der Waals surface area contributed by atoms with Crippen LogP contribution in [-0.4, -0.2) is 23.6 Å². The molecule has 1 aliphatic rings. The topological polar surface area (TPSA) is 51.2 Å². The molecule has 1 atom stereocenters. The largest absolute Gasteiger partial charge is 0.368 e. The monoisotopic (exact) mass is 288 g/mol. The van der Waals surface area contributed by atoms with Crippen LogP contribution in [0.1, 0.15) is 18.4 Å². The molecule has 0 spiro atoms. The molecule has 0 aromatic carbocycles. The zero-order valence-electron chi connectivity index (χ0n) is 11.0. The van der Waals surface area contributed by atoms with Crippen molar-refractivity contribution in [1.82, 2.24) is 10.3 Å². The molecule has 0 saturated carbocycles. The summed E-state index contributed by atoms with van der Waals surface area (Å²) in [5.41, 5.74) is 3.10. The molecule has 104 valence electrons. The van der Waals surface area contributed by atoms with E-state index < -0.39 is 0 Å². The van der Waals surface area contributed by atoms with Crippen LogP contribution in [0.3, 0.4) is 0 Å². The third kappa shape index (κ3) is 3.05. The zero-order valence-corrected chi connectivity index (χ0v) is 11.9. The fourth-order valence-corrected chi connectivity index (χ4v) is 2.89. The van der Waals surface area contributed by atoms with Crippen molar-refractivity contribution in [2.45, 2.75) is 25.5 Å². The molecule has 2 aromatic rings. The van der Waals surface area contributed by atoms with Crippen LogP contribution in [0.4, 0.5) is 0 Å². The van der Waals surface area contributed by atoms with Gasteiger partial charge in [0.2, 0.25) is 5.91 Å². The van der Waals surface area contributed by atoms with E-state index in [-0.39, 0.29) is 12.0 Å². The lowest BCUT2D eigenvalue weighted by molar-refractivity contribution is -0.130. The zero-order chi connectivity index (χ0) is 13.8. The smallest absolute Gasteiger partial charge is 0.249 e. The van der Waals surface area contributed by atoms with Gasteiger partial charge in [-0.1, -0.05) is 0 Å². The van der Waals surface area contributed by atoms with E-state index in [1.165, 1.54) is 0 Å². The highest BCUT2D eigenvalue weighted by atomic mass is 32.1. The summed E-state index contributed by atoms with van der Waals surface area (Å²) >= 11 is 1.65. The van der Waals surface area contributed by atoms with E-state index in [1.807, 2.05) is 23.6 Å². The number of rotatable bonds is 4. The summed E-state index contributed by atoms with van der Waals surface area (Å²) in [6.45, 7) is 1.20.